The molecule has 1 aromatic carbocycles. The van der Waals surface area contributed by atoms with Gasteiger partial charge in [0, 0.05) is 5.75 Å². The van der Waals surface area contributed by atoms with Crippen LogP contribution in [0.25, 0.3) is 10.6 Å². The van der Waals surface area contributed by atoms with Crippen LogP contribution >= 0.6 is 23.1 Å². The van der Waals surface area contributed by atoms with Crippen LogP contribution in [0.5, 0.6) is 0 Å². The highest BCUT2D eigenvalue weighted by Crippen LogP contribution is 2.27. The Kier molecular flexibility index (Phi) is 5.14. The minimum atomic E-state index is -0.388. The van der Waals surface area contributed by atoms with E-state index < -0.39 is 0 Å². The first-order chi connectivity index (χ1) is 11.7. The maximum atomic E-state index is 12.2. The average Bonchev–Trinajstić information content (AvgIpc) is 3.14. The van der Waals surface area contributed by atoms with Crippen LogP contribution in [-0.2, 0) is 12.2 Å². The van der Waals surface area contributed by atoms with Crippen LogP contribution in [0.15, 0.2) is 51.7 Å². The van der Waals surface area contributed by atoms with Crippen molar-refractivity contribution in [2.45, 2.75) is 24.3 Å². The van der Waals surface area contributed by atoms with Crippen molar-refractivity contribution in [3.8, 4) is 16.6 Å². The van der Waals surface area contributed by atoms with E-state index in [1.54, 1.807) is 0 Å². The number of thioether (sulfide) groups is 1. The number of aryl methyl sites for hydroxylation is 1. The molecule has 2 aromatic heterocycles. The van der Waals surface area contributed by atoms with Crippen molar-refractivity contribution in [3.63, 3.8) is 0 Å². The van der Waals surface area contributed by atoms with Crippen LogP contribution in [0.3, 0.4) is 0 Å². The second kappa shape index (κ2) is 7.47. The molecule has 0 spiro atoms. The first-order valence-corrected chi connectivity index (χ1v) is 9.36. The summed E-state index contributed by atoms with van der Waals surface area (Å²) in [5.41, 5.74) is 2.61. The SMILES string of the molecule is CCc1cccc(CSc2nc(-c3cccs3)c(C#N)c(=O)[nH]2)c1. The molecular formula is C18H15N3OS2. The van der Waals surface area contributed by atoms with Crippen LogP contribution in [0.1, 0.15) is 23.6 Å². The second-order valence-corrected chi connectivity index (χ2v) is 7.06. The summed E-state index contributed by atoms with van der Waals surface area (Å²) >= 11 is 2.93. The summed E-state index contributed by atoms with van der Waals surface area (Å²) in [4.78, 5) is 20.2. The van der Waals surface area contributed by atoms with E-state index in [0.717, 1.165) is 11.3 Å². The third-order valence-corrected chi connectivity index (χ3v) is 5.36. The molecule has 0 radical (unpaired) electrons. The van der Waals surface area contributed by atoms with Gasteiger partial charge in [0.2, 0.25) is 0 Å². The maximum Gasteiger partial charge on any atom is 0.270 e. The Bertz CT molecular complexity index is 940. The van der Waals surface area contributed by atoms with Crippen molar-refractivity contribution in [3.05, 3.63) is 68.8 Å². The van der Waals surface area contributed by atoms with Crippen LogP contribution in [0, 0.1) is 11.3 Å². The zero-order chi connectivity index (χ0) is 16.9. The molecule has 6 heteroatoms. The number of H-pyrrole nitrogens is 1. The summed E-state index contributed by atoms with van der Waals surface area (Å²) in [7, 11) is 0. The molecule has 4 nitrogen and oxygen atoms in total. The van der Waals surface area contributed by atoms with Gasteiger partial charge >= 0.3 is 0 Å². The van der Waals surface area contributed by atoms with Crippen molar-refractivity contribution < 1.29 is 0 Å². The van der Waals surface area contributed by atoms with Gasteiger partial charge in [-0.3, -0.25) is 4.79 Å². The highest BCUT2D eigenvalue weighted by atomic mass is 32.2. The number of aromatic amines is 1. The van der Waals surface area contributed by atoms with E-state index in [1.165, 1.54) is 34.2 Å². The lowest BCUT2D eigenvalue weighted by Gasteiger charge is -2.06. The molecule has 3 aromatic rings. The fourth-order valence-corrected chi connectivity index (χ4v) is 3.83. The van der Waals surface area contributed by atoms with Gasteiger partial charge in [0.25, 0.3) is 5.56 Å². The number of nitrogens with one attached hydrogen (secondary N) is 1. The molecule has 3 rings (SSSR count). The van der Waals surface area contributed by atoms with E-state index in [2.05, 4.69) is 35.1 Å². The molecule has 0 aliphatic carbocycles. The Labute approximate surface area is 148 Å². The summed E-state index contributed by atoms with van der Waals surface area (Å²) in [6.07, 6.45) is 0.993. The molecule has 0 amide bonds. The predicted octanol–water partition coefficient (Wildman–Crippen LogP) is 4.22. The monoisotopic (exact) mass is 353 g/mol. The van der Waals surface area contributed by atoms with Gasteiger partial charge in [-0.1, -0.05) is 49.0 Å². The van der Waals surface area contributed by atoms with Crippen LogP contribution < -0.4 is 5.56 Å². The number of rotatable bonds is 5. The second-order valence-electron chi connectivity index (χ2n) is 5.15. The Balaban J connectivity index is 1.89. The molecule has 2 heterocycles. The van der Waals surface area contributed by atoms with Crippen molar-refractivity contribution in [1.82, 2.24) is 9.97 Å². The Morgan fingerprint density at radius 2 is 2.12 bits per heavy atom. The van der Waals surface area contributed by atoms with Crippen molar-refractivity contribution in [1.29, 1.82) is 5.26 Å². The summed E-state index contributed by atoms with van der Waals surface area (Å²) in [6, 6.07) is 14.1. The van der Waals surface area contributed by atoms with Crippen molar-refractivity contribution in [2.24, 2.45) is 0 Å². The van der Waals surface area contributed by atoms with Gasteiger partial charge in [-0.2, -0.15) is 5.26 Å². The molecule has 0 bridgehead atoms. The summed E-state index contributed by atoms with van der Waals surface area (Å²) in [5, 5.41) is 11.7. The smallest absolute Gasteiger partial charge is 0.270 e. The van der Waals surface area contributed by atoms with Gasteiger partial charge in [-0.05, 0) is 29.0 Å². The molecular weight excluding hydrogens is 338 g/mol. The average molecular weight is 353 g/mol. The van der Waals surface area contributed by atoms with Gasteiger partial charge in [-0.25, -0.2) is 4.98 Å². The van der Waals surface area contributed by atoms with Gasteiger partial charge in [-0.15, -0.1) is 11.3 Å². The molecule has 0 saturated carbocycles. The normalized spacial score (nSPS) is 10.5. The van der Waals surface area contributed by atoms with Gasteiger partial charge in [0.05, 0.1) is 4.88 Å². The maximum absolute atomic E-state index is 12.2. The molecule has 0 aliphatic rings. The lowest BCUT2D eigenvalue weighted by atomic mass is 10.1. The number of thiophene rings is 1. The van der Waals surface area contributed by atoms with Gasteiger partial charge in [0.1, 0.15) is 17.3 Å². The summed E-state index contributed by atoms with van der Waals surface area (Å²) in [5.74, 6) is 0.715. The van der Waals surface area contributed by atoms with Gasteiger partial charge < -0.3 is 4.98 Å². The van der Waals surface area contributed by atoms with Crippen LogP contribution in [0.4, 0.5) is 0 Å². The number of benzene rings is 1. The first-order valence-electron chi connectivity index (χ1n) is 7.50. The minimum Gasteiger partial charge on any atom is -0.300 e. The Hall–Kier alpha value is -2.36. The molecule has 24 heavy (non-hydrogen) atoms. The molecule has 0 atom stereocenters. The Morgan fingerprint density at radius 3 is 2.83 bits per heavy atom. The lowest BCUT2D eigenvalue weighted by molar-refractivity contribution is 0.936. The fourth-order valence-electron chi connectivity index (χ4n) is 2.31. The highest BCUT2D eigenvalue weighted by Gasteiger charge is 2.14. The number of nitrogens with zero attached hydrogens (tertiary/aromatic N) is 2. The highest BCUT2D eigenvalue weighted by molar-refractivity contribution is 7.98. The first kappa shape index (κ1) is 16.5. The lowest BCUT2D eigenvalue weighted by Crippen LogP contribution is -2.14. The van der Waals surface area contributed by atoms with E-state index in [0.29, 0.717) is 16.6 Å². The van der Waals surface area contributed by atoms with E-state index in [-0.39, 0.29) is 11.1 Å². The van der Waals surface area contributed by atoms with Gasteiger partial charge in [0.15, 0.2) is 5.16 Å². The molecule has 0 saturated heterocycles. The quantitative estimate of drug-likeness (QED) is 0.550. The summed E-state index contributed by atoms with van der Waals surface area (Å²) in [6.45, 7) is 2.12. The minimum absolute atomic E-state index is 0.0646. The van der Waals surface area contributed by atoms with Crippen molar-refractivity contribution in [2.75, 3.05) is 0 Å². The zero-order valence-electron chi connectivity index (χ0n) is 13.1. The van der Waals surface area contributed by atoms with Crippen LogP contribution in [0.2, 0.25) is 0 Å². The zero-order valence-corrected chi connectivity index (χ0v) is 14.7. The third kappa shape index (κ3) is 3.58. The summed E-state index contributed by atoms with van der Waals surface area (Å²) < 4.78 is 0. The largest absolute Gasteiger partial charge is 0.300 e. The number of hydrogen-bond acceptors (Lipinski definition) is 5. The molecule has 120 valence electrons. The number of hydrogen-bond donors (Lipinski definition) is 1. The third-order valence-electron chi connectivity index (χ3n) is 3.54. The van der Waals surface area contributed by atoms with E-state index in [9.17, 15) is 10.1 Å². The molecule has 0 fully saturated rings. The topological polar surface area (TPSA) is 69.5 Å². The fraction of sp³-hybridized carbons (Fsp3) is 0.167. The molecule has 1 N–H and O–H groups in total. The number of aromatic nitrogens is 2. The van der Waals surface area contributed by atoms with Crippen LogP contribution in [-0.4, -0.2) is 9.97 Å². The standard InChI is InChI=1S/C18H15N3OS2/c1-2-12-5-3-6-13(9-12)11-24-18-20-16(15-7-4-8-23-15)14(10-19)17(22)21-18/h3-9H,2,11H2,1H3,(H,20,21,22). The van der Waals surface area contributed by atoms with E-state index >= 15 is 0 Å². The predicted molar refractivity (Wildman–Crippen MR) is 98.3 cm³/mol. The van der Waals surface area contributed by atoms with Crippen molar-refractivity contribution >= 4 is 23.1 Å². The van der Waals surface area contributed by atoms with E-state index in [1.807, 2.05) is 29.6 Å². The Morgan fingerprint density at radius 1 is 1.29 bits per heavy atom. The van der Waals surface area contributed by atoms with E-state index in [4.69, 9.17) is 0 Å². The number of nitriles is 1. The molecule has 0 aliphatic heterocycles. The molecule has 0 unspecified atom stereocenters.